The molecule has 35 heavy (non-hydrogen) atoms. The first-order valence-electron chi connectivity index (χ1n) is 12.6. The average molecular weight is 477 g/mol. The second kappa shape index (κ2) is 10.6. The highest BCUT2D eigenvalue weighted by molar-refractivity contribution is 5.66. The minimum atomic E-state index is -0.401. The lowest BCUT2D eigenvalue weighted by atomic mass is 9.79. The fourth-order valence-electron chi connectivity index (χ4n) is 5.33. The molecule has 184 valence electrons. The highest BCUT2D eigenvalue weighted by Gasteiger charge is 2.23. The number of ether oxygens (including phenoxy) is 1. The van der Waals surface area contributed by atoms with Crippen molar-refractivity contribution in [3.8, 4) is 17.2 Å². The zero-order valence-electron chi connectivity index (χ0n) is 20.0. The molecule has 1 aliphatic heterocycles. The molecule has 1 atom stereocenters. The van der Waals surface area contributed by atoms with Crippen LogP contribution in [0.1, 0.15) is 48.3 Å². The molecule has 6 heteroatoms. The van der Waals surface area contributed by atoms with Gasteiger partial charge in [-0.2, -0.15) is 0 Å². The molecule has 0 bridgehead atoms. The molecule has 0 spiro atoms. The minimum Gasteiger partial charge on any atom is -0.508 e. The summed E-state index contributed by atoms with van der Waals surface area (Å²) < 4.78 is 20.5. The number of phenols is 2. The van der Waals surface area contributed by atoms with Gasteiger partial charge in [-0.3, -0.25) is 4.90 Å². The highest BCUT2D eigenvalue weighted by Crippen LogP contribution is 2.39. The third-order valence-electron chi connectivity index (χ3n) is 7.22. The molecule has 3 N–H and O–H groups in total. The normalized spacial score (nSPS) is 18.1. The van der Waals surface area contributed by atoms with Crippen molar-refractivity contribution in [3.05, 3.63) is 77.1 Å². The quantitative estimate of drug-likeness (QED) is 0.384. The predicted octanol–water partition coefficient (Wildman–Crippen LogP) is 6.12. The van der Waals surface area contributed by atoms with Crippen LogP contribution in [-0.2, 0) is 12.8 Å². The topological polar surface area (TPSA) is 65.0 Å². The molecule has 5 nitrogen and oxygen atoms in total. The fourth-order valence-corrected chi connectivity index (χ4v) is 5.33. The Kier molecular flexibility index (Phi) is 7.09. The number of likely N-dealkylation sites (tertiary alicyclic amines) is 1. The number of hydrogen-bond acceptors (Lipinski definition) is 5. The van der Waals surface area contributed by atoms with Crippen molar-refractivity contribution in [1.82, 2.24) is 4.90 Å². The number of halogens is 1. The number of fused-ring (bicyclic) bond motifs is 1. The zero-order valence-corrected chi connectivity index (χ0v) is 20.0. The lowest BCUT2D eigenvalue weighted by Gasteiger charge is -2.27. The van der Waals surface area contributed by atoms with E-state index in [1.807, 2.05) is 24.3 Å². The maximum absolute atomic E-state index is 14.8. The van der Waals surface area contributed by atoms with Gasteiger partial charge in [0, 0.05) is 30.1 Å². The van der Waals surface area contributed by atoms with Gasteiger partial charge in [0.05, 0.1) is 0 Å². The van der Waals surface area contributed by atoms with Crippen molar-refractivity contribution in [3.63, 3.8) is 0 Å². The van der Waals surface area contributed by atoms with Crippen molar-refractivity contribution in [2.75, 3.05) is 31.6 Å². The number of hydrogen-bond donors (Lipinski definition) is 3. The number of phenolic OH excluding ortho intramolecular Hbond substituents is 2. The Morgan fingerprint density at radius 3 is 2.54 bits per heavy atom. The van der Waals surface area contributed by atoms with Gasteiger partial charge in [0.2, 0.25) is 0 Å². The lowest BCUT2D eigenvalue weighted by molar-refractivity contribution is 0.180. The number of benzene rings is 3. The number of rotatable bonds is 7. The molecular formula is C29H33FN2O3. The third-order valence-corrected chi connectivity index (χ3v) is 7.22. The molecule has 1 saturated heterocycles. The number of nitrogens with one attached hydrogen (secondary N) is 1. The van der Waals surface area contributed by atoms with Crippen LogP contribution < -0.4 is 10.1 Å². The van der Waals surface area contributed by atoms with E-state index >= 15 is 0 Å². The lowest BCUT2D eigenvalue weighted by Crippen LogP contribution is -2.33. The van der Waals surface area contributed by atoms with E-state index in [2.05, 4.69) is 10.2 Å². The number of nitrogens with zero attached hydrogens (tertiary/aromatic N) is 1. The van der Waals surface area contributed by atoms with E-state index in [0.29, 0.717) is 18.0 Å². The first-order valence-corrected chi connectivity index (χ1v) is 12.6. The van der Waals surface area contributed by atoms with Crippen LogP contribution >= 0.6 is 0 Å². The van der Waals surface area contributed by atoms with Gasteiger partial charge >= 0.3 is 0 Å². The third kappa shape index (κ3) is 5.70. The van der Waals surface area contributed by atoms with E-state index in [9.17, 15) is 14.6 Å². The molecule has 5 rings (SSSR count). The van der Waals surface area contributed by atoms with Crippen molar-refractivity contribution in [2.45, 2.75) is 44.4 Å². The minimum absolute atomic E-state index is 0.163. The molecule has 2 aliphatic rings. The Bertz CT molecular complexity index is 1180. The first kappa shape index (κ1) is 23.5. The molecule has 1 fully saturated rings. The van der Waals surface area contributed by atoms with Gasteiger partial charge in [-0.05, 0) is 98.1 Å². The van der Waals surface area contributed by atoms with E-state index in [1.54, 1.807) is 24.3 Å². The van der Waals surface area contributed by atoms with Crippen LogP contribution in [0.15, 0.2) is 54.6 Å². The Hall–Kier alpha value is -3.25. The number of aromatic hydroxyl groups is 2. The van der Waals surface area contributed by atoms with Crippen LogP contribution in [0.25, 0.3) is 0 Å². The summed E-state index contributed by atoms with van der Waals surface area (Å²) in [6.07, 6.45) is 6.42. The molecule has 1 unspecified atom stereocenters. The van der Waals surface area contributed by atoms with Crippen molar-refractivity contribution >= 4 is 11.4 Å². The van der Waals surface area contributed by atoms with Gasteiger partial charge in [-0.1, -0.05) is 18.6 Å². The highest BCUT2D eigenvalue weighted by atomic mass is 19.1. The van der Waals surface area contributed by atoms with E-state index in [0.717, 1.165) is 50.1 Å². The van der Waals surface area contributed by atoms with E-state index < -0.39 is 5.82 Å². The summed E-state index contributed by atoms with van der Waals surface area (Å²) in [4.78, 5) is 2.37. The van der Waals surface area contributed by atoms with Gasteiger partial charge in [0.25, 0.3) is 0 Å². The maximum Gasteiger partial charge on any atom is 0.167 e. The second-order valence-corrected chi connectivity index (χ2v) is 9.69. The number of anilines is 2. The maximum atomic E-state index is 14.8. The number of piperidine rings is 1. The summed E-state index contributed by atoms with van der Waals surface area (Å²) in [5, 5.41) is 23.2. The summed E-state index contributed by atoms with van der Waals surface area (Å²) >= 11 is 0. The standard InChI is InChI=1S/C29H33FN2O3/c30-27-18-23(7-11-29(27)35-15-14-32-12-2-1-3-13-32)31-28-19-25(34)9-10-26(28)22-5-4-21-17-24(33)8-6-20(21)16-22/h6-11,17-19,22,31,33-34H,1-5,12-16H2. The van der Waals surface area contributed by atoms with Crippen molar-refractivity contribution in [1.29, 1.82) is 0 Å². The van der Waals surface area contributed by atoms with Crippen LogP contribution in [0.5, 0.6) is 17.2 Å². The summed E-state index contributed by atoms with van der Waals surface area (Å²) in [7, 11) is 0. The first-order chi connectivity index (χ1) is 17.0. The van der Waals surface area contributed by atoms with Crippen LogP contribution in [0, 0.1) is 5.82 Å². The Labute approximate surface area is 206 Å². The van der Waals surface area contributed by atoms with E-state index in [-0.39, 0.29) is 17.4 Å². The molecular weight excluding hydrogens is 443 g/mol. The molecule has 1 aliphatic carbocycles. The van der Waals surface area contributed by atoms with Crippen LogP contribution in [0.4, 0.5) is 15.8 Å². The van der Waals surface area contributed by atoms with E-state index in [4.69, 9.17) is 4.74 Å². The van der Waals surface area contributed by atoms with Crippen molar-refractivity contribution in [2.24, 2.45) is 0 Å². The molecule has 0 aromatic heterocycles. The monoisotopic (exact) mass is 476 g/mol. The molecule has 3 aromatic carbocycles. The summed E-state index contributed by atoms with van der Waals surface area (Å²) in [6, 6.07) is 15.8. The van der Waals surface area contributed by atoms with Crippen molar-refractivity contribution < 1.29 is 19.3 Å². The molecule has 1 heterocycles. The Balaban J connectivity index is 1.27. The summed E-state index contributed by atoms with van der Waals surface area (Å²) in [5.41, 5.74) is 4.89. The van der Waals surface area contributed by atoms with Gasteiger partial charge in [-0.15, -0.1) is 0 Å². The Morgan fingerprint density at radius 1 is 0.914 bits per heavy atom. The Morgan fingerprint density at radius 2 is 1.71 bits per heavy atom. The van der Waals surface area contributed by atoms with Crippen LogP contribution in [0.3, 0.4) is 0 Å². The molecule has 0 saturated carbocycles. The van der Waals surface area contributed by atoms with E-state index in [1.165, 1.54) is 36.5 Å². The van der Waals surface area contributed by atoms with Crippen LogP contribution in [-0.4, -0.2) is 41.4 Å². The summed E-state index contributed by atoms with van der Waals surface area (Å²) in [5.74, 6) is 0.584. The fraction of sp³-hybridized carbons (Fsp3) is 0.379. The smallest absolute Gasteiger partial charge is 0.167 e. The zero-order chi connectivity index (χ0) is 24.2. The summed E-state index contributed by atoms with van der Waals surface area (Å²) in [6.45, 7) is 3.48. The SMILES string of the molecule is Oc1ccc2c(c1)CCC(c1ccc(O)cc1Nc1ccc(OCCN3CCCCC3)c(F)c1)C2. The largest absolute Gasteiger partial charge is 0.508 e. The number of aryl methyl sites for hydroxylation is 1. The predicted molar refractivity (Wildman–Crippen MR) is 136 cm³/mol. The molecule has 3 aromatic rings. The molecule has 0 radical (unpaired) electrons. The van der Waals surface area contributed by atoms with Gasteiger partial charge in [-0.25, -0.2) is 4.39 Å². The van der Waals surface area contributed by atoms with Gasteiger partial charge in [0.1, 0.15) is 18.1 Å². The van der Waals surface area contributed by atoms with Gasteiger partial charge in [0.15, 0.2) is 11.6 Å². The van der Waals surface area contributed by atoms with Crippen LogP contribution in [0.2, 0.25) is 0 Å². The second-order valence-electron chi connectivity index (χ2n) is 9.69. The van der Waals surface area contributed by atoms with Gasteiger partial charge < -0.3 is 20.3 Å². The average Bonchev–Trinajstić information content (AvgIpc) is 2.86. The molecule has 0 amide bonds.